The Bertz CT molecular complexity index is 1500. The van der Waals surface area contributed by atoms with Gasteiger partial charge in [0.15, 0.2) is 5.54 Å². The Hall–Kier alpha value is -3.77. The van der Waals surface area contributed by atoms with Crippen molar-refractivity contribution in [1.29, 1.82) is 0 Å². The fourth-order valence-electron chi connectivity index (χ4n) is 5.84. The molecule has 0 saturated carbocycles. The Morgan fingerprint density at radius 2 is 1.75 bits per heavy atom. The summed E-state index contributed by atoms with van der Waals surface area (Å²) in [6, 6.07) is 23.4. The second kappa shape index (κ2) is 8.42. The van der Waals surface area contributed by atoms with Crippen LogP contribution in [-0.2, 0) is 21.7 Å². The van der Waals surface area contributed by atoms with Crippen LogP contribution >= 0.6 is 11.6 Å². The number of fused-ring (bicyclic) bond motifs is 5. The monoisotopic (exact) mass is 499 g/mol. The van der Waals surface area contributed by atoms with Gasteiger partial charge < -0.3 is 19.5 Å². The standard InChI is InChI=1S/C29H26ClN3O3/c1-29-27-26(21-8-4-5-9-23(21)31-27)22(18-11-13-20(30)14-12-18)16-33(29)25(34)17-32(28(29)35)15-19-7-3-6-10-24(19)36-2/h3-14,22,31H,15-17H2,1-2H3. The first-order valence-corrected chi connectivity index (χ1v) is 12.4. The van der Waals surface area contributed by atoms with Crippen LogP contribution in [0.25, 0.3) is 10.9 Å². The molecule has 1 fully saturated rings. The number of rotatable bonds is 4. The summed E-state index contributed by atoms with van der Waals surface area (Å²) in [5.74, 6) is 0.438. The normalized spacial score (nSPS) is 21.5. The van der Waals surface area contributed by atoms with Crippen molar-refractivity contribution < 1.29 is 14.3 Å². The number of methoxy groups -OCH3 is 1. The molecule has 6 rings (SSSR count). The number of halogens is 1. The highest BCUT2D eigenvalue weighted by Crippen LogP contribution is 2.48. The summed E-state index contributed by atoms with van der Waals surface area (Å²) in [6.07, 6.45) is 0. The number of piperazine rings is 1. The number of para-hydroxylation sites is 2. The molecule has 4 aromatic rings. The predicted molar refractivity (Wildman–Crippen MR) is 139 cm³/mol. The summed E-state index contributed by atoms with van der Waals surface area (Å²) >= 11 is 6.17. The topological polar surface area (TPSA) is 65.6 Å². The number of nitrogens with zero attached hydrogens (tertiary/aromatic N) is 2. The zero-order valence-electron chi connectivity index (χ0n) is 20.1. The number of carbonyl (C=O) groups excluding carboxylic acids is 2. The van der Waals surface area contributed by atoms with Gasteiger partial charge in [0.25, 0.3) is 5.91 Å². The van der Waals surface area contributed by atoms with Gasteiger partial charge in [-0.3, -0.25) is 9.59 Å². The van der Waals surface area contributed by atoms with E-state index >= 15 is 0 Å². The number of ether oxygens (including phenoxy) is 1. The minimum atomic E-state index is -1.14. The van der Waals surface area contributed by atoms with E-state index in [1.807, 2.05) is 73.7 Å². The van der Waals surface area contributed by atoms with Gasteiger partial charge in [-0.25, -0.2) is 0 Å². The van der Waals surface area contributed by atoms with E-state index in [4.69, 9.17) is 16.3 Å². The van der Waals surface area contributed by atoms with Crippen molar-refractivity contribution in [2.45, 2.75) is 24.9 Å². The fourth-order valence-corrected chi connectivity index (χ4v) is 5.96. The average molecular weight is 500 g/mol. The van der Waals surface area contributed by atoms with Crippen LogP contribution in [0.4, 0.5) is 0 Å². The summed E-state index contributed by atoms with van der Waals surface area (Å²) in [6.45, 7) is 2.61. The van der Waals surface area contributed by atoms with Gasteiger partial charge in [-0.15, -0.1) is 0 Å². The lowest BCUT2D eigenvalue weighted by atomic mass is 9.76. The van der Waals surface area contributed by atoms with Crippen LogP contribution < -0.4 is 4.74 Å². The lowest BCUT2D eigenvalue weighted by Gasteiger charge is -2.51. The van der Waals surface area contributed by atoms with E-state index in [9.17, 15) is 9.59 Å². The van der Waals surface area contributed by atoms with E-state index < -0.39 is 5.54 Å². The van der Waals surface area contributed by atoms with E-state index in [2.05, 4.69) is 11.1 Å². The average Bonchev–Trinajstić information content (AvgIpc) is 3.29. The summed E-state index contributed by atoms with van der Waals surface area (Å²) in [7, 11) is 1.61. The minimum Gasteiger partial charge on any atom is -0.496 e. The number of hydrogen-bond acceptors (Lipinski definition) is 3. The number of benzene rings is 3. The molecule has 1 N–H and O–H groups in total. The number of hydrogen-bond donors (Lipinski definition) is 1. The fraction of sp³-hybridized carbons (Fsp3) is 0.241. The second-order valence-corrected chi connectivity index (χ2v) is 10.0. The SMILES string of the molecule is COc1ccccc1CN1CC(=O)N2CC(c3ccc(Cl)cc3)c3c([nH]c4ccccc34)C2(C)C1=O. The van der Waals surface area contributed by atoms with Gasteiger partial charge >= 0.3 is 0 Å². The van der Waals surface area contributed by atoms with Gasteiger partial charge in [0.1, 0.15) is 12.3 Å². The number of nitrogens with one attached hydrogen (secondary N) is 1. The zero-order chi connectivity index (χ0) is 25.0. The van der Waals surface area contributed by atoms with Gasteiger partial charge in [-0.05, 0) is 42.3 Å². The largest absolute Gasteiger partial charge is 0.496 e. The first-order chi connectivity index (χ1) is 17.4. The lowest BCUT2D eigenvalue weighted by molar-refractivity contribution is -0.166. The lowest BCUT2D eigenvalue weighted by Crippen LogP contribution is -2.67. The Labute approximate surface area is 214 Å². The molecule has 0 aliphatic carbocycles. The maximum atomic E-state index is 14.2. The maximum Gasteiger partial charge on any atom is 0.255 e. The highest BCUT2D eigenvalue weighted by molar-refractivity contribution is 6.30. The molecule has 0 spiro atoms. The molecule has 2 atom stereocenters. The second-order valence-electron chi connectivity index (χ2n) is 9.61. The molecule has 36 heavy (non-hydrogen) atoms. The molecule has 1 aromatic heterocycles. The summed E-state index contributed by atoms with van der Waals surface area (Å²) in [4.78, 5) is 34.8. The summed E-state index contributed by atoms with van der Waals surface area (Å²) in [5.41, 5.74) is 3.57. The molecule has 2 aliphatic rings. The van der Waals surface area contributed by atoms with Gasteiger partial charge in [0, 0.05) is 40.5 Å². The number of carbonyl (C=O) groups is 2. The first kappa shape index (κ1) is 22.7. The van der Waals surface area contributed by atoms with E-state index in [1.54, 1.807) is 16.9 Å². The van der Waals surface area contributed by atoms with E-state index in [1.165, 1.54) is 0 Å². The molecule has 7 heteroatoms. The van der Waals surface area contributed by atoms with Crippen LogP contribution in [-0.4, -0.2) is 46.8 Å². The molecule has 0 bridgehead atoms. The van der Waals surface area contributed by atoms with E-state index in [0.29, 0.717) is 23.9 Å². The molecule has 3 aromatic carbocycles. The Balaban J connectivity index is 1.49. The van der Waals surface area contributed by atoms with Crippen molar-refractivity contribution in [1.82, 2.24) is 14.8 Å². The van der Waals surface area contributed by atoms with Crippen LogP contribution in [0.3, 0.4) is 0 Å². The molecular weight excluding hydrogens is 474 g/mol. The zero-order valence-corrected chi connectivity index (χ0v) is 20.9. The molecule has 0 radical (unpaired) electrons. The maximum absolute atomic E-state index is 14.2. The van der Waals surface area contributed by atoms with Crippen LogP contribution in [0.1, 0.15) is 35.2 Å². The van der Waals surface area contributed by atoms with Gasteiger partial charge in [0.2, 0.25) is 5.91 Å². The third-order valence-electron chi connectivity index (χ3n) is 7.64. The summed E-state index contributed by atoms with van der Waals surface area (Å²) < 4.78 is 5.50. The number of aromatic nitrogens is 1. The van der Waals surface area contributed by atoms with Crippen molar-refractivity contribution in [3.8, 4) is 5.75 Å². The molecule has 6 nitrogen and oxygen atoms in total. The van der Waals surface area contributed by atoms with E-state index in [-0.39, 0.29) is 24.3 Å². The van der Waals surface area contributed by atoms with Crippen molar-refractivity contribution in [3.05, 3.63) is 100 Å². The van der Waals surface area contributed by atoms with Gasteiger partial charge in [-0.1, -0.05) is 60.1 Å². The Morgan fingerprint density at radius 3 is 2.53 bits per heavy atom. The smallest absolute Gasteiger partial charge is 0.255 e. The highest BCUT2D eigenvalue weighted by atomic mass is 35.5. The molecule has 182 valence electrons. The quantitative estimate of drug-likeness (QED) is 0.427. The highest BCUT2D eigenvalue weighted by Gasteiger charge is 2.56. The Morgan fingerprint density at radius 1 is 1.03 bits per heavy atom. The summed E-state index contributed by atoms with van der Waals surface area (Å²) in [5, 5.41) is 1.73. The molecule has 2 aliphatic heterocycles. The molecule has 2 unspecified atom stereocenters. The van der Waals surface area contributed by atoms with Crippen LogP contribution in [0.2, 0.25) is 5.02 Å². The van der Waals surface area contributed by atoms with Crippen molar-refractivity contribution in [2.24, 2.45) is 0 Å². The van der Waals surface area contributed by atoms with Crippen LogP contribution in [0.5, 0.6) is 5.75 Å². The molecule has 2 amide bonds. The minimum absolute atomic E-state index is 0.0232. The molecule has 3 heterocycles. The van der Waals surface area contributed by atoms with Gasteiger partial charge in [0.05, 0.1) is 12.8 Å². The van der Waals surface area contributed by atoms with E-state index in [0.717, 1.165) is 33.3 Å². The Kier molecular flexibility index (Phi) is 5.30. The number of H-pyrrole nitrogens is 1. The molecule has 1 saturated heterocycles. The first-order valence-electron chi connectivity index (χ1n) is 12.0. The third-order valence-corrected chi connectivity index (χ3v) is 7.90. The molecular formula is C29H26ClN3O3. The van der Waals surface area contributed by atoms with Crippen molar-refractivity contribution >= 4 is 34.3 Å². The van der Waals surface area contributed by atoms with Crippen LogP contribution in [0.15, 0.2) is 72.8 Å². The predicted octanol–water partition coefficient (Wildman–Crippen LogP) is 5.06. The van der Waals surface area contributed by atoms with Crippen molar-refractivity contribution in [2.75, 3.05) is 20.2 Å². The number of amides is 2. The van der Waals surface area contributed by atoms with Gasteiger partial charge in [-0.2, -0.15) is 0 Å². The van der Waals surface area contributed by atoms with Crippen molar-refractivity contribution in [3.63, 3.8) is 0 Å². The number of aromatic amines is 1. The third kappa shape index (κ3) is 3.32. The van der Waals surface area contributed by atoms with Crippen LogP contribution in [0, 0.1) is 0 Å².